The van der Waals surface area contributed by atoms with Crippen molar-refractivity contribution in [2.75, 3.05) is 9.80 Å². The highest BCUT2D eigenvalue weighted by Gasteiger charge is 2.35. The fourth-order valence-corrected chi connectivity index (χ4v) is 3.63. The van der Waals surface area contributed by atoms with Crippen molar-refractivity contribution in [2.24, 2.45) is 0 Å². The third-order valence-electron chi connectivity index (χ3n) is 4.52. The third kappa shape index (κ3) is 2.33. The largest absolute Gasteiger partial charge is 0.317 e. The van der Waals surface area contributed by atoms with E-state index in [4.69, 9.17) is 0 Å². The first kappa shape index (κ1) is 14.8. The Labute approximate surface area is 143 Å². The lowest BCUT2D eigenvalue weighted by Gasteiger charge is -2.30. The summed E-state index contributed by atoms with van der Waals surface area (Å²) in [6, 6.07) is 21.3. The van der Waals surface area contributed by atoms with Gasteiger partial charge in [-0.2, -0.15) is 0 Å². The van der Waals surface area contributed by atoms with Gasteiger partial charge in [-0.25, -0.2) is 4.98 Å². The highest BCUT2D eigenvalue weighted by atomic mass is 15.4. The molecule has 3 heteroatoms. The highest BCUT2D eigenvalue weighted by molar-refractivity contribution is 5.85. The molecule has 0 spiro atoms. The smallest absolute Gasteiger partial charge is 0.158 e. The first-order valence-electron chi connectivity index (χ1n) is 8.32. The van der Waals surface area contributed by atoms with Gasteiger partial charge in [-0.05, 0) is 68.3 Å². The summed E-state index contributed by atoms with van der Waals surface area (Å²) in [6.07, 6.45) is 2.03. The average molecular weight is 315 g/mol. The van der Waals surface area contributed by atoms with Crippen molar-refractivity contribution in [3.63, 3.8) is 0 Å². The lowest BCUT2D eigenvalue weighted by molar-refractivity contribution is 0.757. The lowest BCUT2D eigenvalue weighted by atomic mass is 10.1. The van der Waals surface area contributed by atoms with Crippen LogP contribution in [0.5, 0.6) is 0 Å². The number of fused-ring (bicyclic) bond motifs is 1. The molecule has 0 radical (unpaired) electrons. The van der Waals surface area contributed by atoms with Crippen molar-refractivity contribution < 1.29 is 0 Å². The molecule has 1 aliphatic heterocycles. The van der Waals surface area contributed by atoms with E-state index in [1.54, 1.807) is 0 Å². The molecule has 0 fully saturated rings. The van der Waals surface area contributed by atoms with Gasteiger partial charge in [0.15, 0.2) is 5.82 Å². The average Bonchev–Trinajstić information content (AvgIpc) is 2.86. The zero-order valence-electron chi connectivity index (χ0n) is 14.3. The van der Waals surface area contributed by atoms with Gasteiger partial charge in [-0.1, -0.05) is 24.3 Å². The van der Waals surface area contributed by atoms with Crippen LogP contribution in [0.2, 0.25) is 0 Å². The summed E-state index contributed by atoms with van der Waals surface area (Å²) in [5, 5.41) is 0. The van der Waals surface area contributed by atoms with E-state index in [2.05, 4.69) is 84.1 Å². The zero-order valence-corrected chi connectivity index (χ0v) is 14.3. The van der Waals surface area contributed by atoms with Crippen LogP contribution in [0.25, 0.3) is 0 Å². The fourth-order valence-electron chi connectivity index (χ4n) is 3.63. The summed E-state index contributed by atoms with van der Waals surface area (Å²) in [5.41, 5.74) is 6.09. The summed E-state index contributed by atoms with van der Waals surface area (Å²) in [6.45, 7) is 6.53. The topological polar surface area (TPSA) is 19.4 Å². The first-order valence-corrected chi connectivity index (χ1v) is 8.32. The van der Waals surface area contributed by atoms with E-state index in [0.29, 0.717) is 0 Å². The van der Waals surface area contributed by atoms with Crippen molar-refractivity contribution in [3.8, 4) is 0 Å². The summed E-state index contributed by atoms with van der Waals surface area (Å²) in [4.78, 5) is 9.34. The summed E-state index contributed by atoms with van der Waals surface area (Å²) < 4.78 is 0. The van der Waals surface area contributed by atoms with Gasteiger partial charge in [0, 0.05) is 17.6 Å². The van der Waals surface area contributed by atoms with Crippen LogP contribution in [0.1, 0.15) is 18.1 Å². The normalized spacial score (nSPS) is 16.4. The van der Waals surface area contributed by atoms with Crippen LogP contribution in [0, 0.1) is 13.8 Å². The van der Waals surface area contributed by atoms with Crippen LogP contribution >= 0.6 is 0 Å². The number of para-hydroxylation sites is 1. The van der Waals surface area contributed by atoms with Crippen molar-refractivity contribution in [1.82, 2.24) is 4.98 Å². The number of benzene rings is 2. The molecule has 1 aromatic heterocycles. The molecule has 2 heterocycles. The first-order chi connectivity index (χ1) is 11.6. The predicted molar refractivity (Wildman–Crippen MR) is 100 cm³/mol. The number of hydrogen-bond acceptors (Lipinski definition) is 3. The molecular formula is C21H21N3. The number of hydrogen-bond donors (Lipinski definition) is 0. The molecule has 2 aromatic carbocycles. The molecular weight excluding hydrogens is 294 g/mol. The maximum Gasteiger partial charge on any atom is 0.158 e. The Kier molecular flexibility index (Phi) is 3.49. The van der Waals surface area contributed by atoms with E-state index in [1.807, 2.05) is 18.3 Å². The highest BCUT2D eigenvalue weighted by Crippen LogP contribution is 2.46. The van der Waals surface area contributed by atoms with Crippen LogP contribution < -0.4 is 9.80 Å². The van der Waals surface area contributed by atoms with Gasteiger partial charge < -0.3 is 9.80 Å². The van der Waals surface area contributed by atoms with E-state index < -0.39 is 0 Å². The fraction of sp³-hybridized carbons (Fsp3) is 0.190. The Morgan fingerprint density at radius 3 is 2.21 bits per heavy atom. The van der Waals surface area contributed by atoms with Gasteiger partial charge in [-0.3, -0.25) is 0 Å². The molecule has 4 rings (SSSR count). The second-order valence-electron chi connectivity index (χ2n) is 6.40. The van der Waals surface area contributed by atoms with Crippen molar-refractivity contribution in [2.45, 2.75) is 26.9 Å². The minimum Gasteiger partial charge on any atom is -0.317 e. The van der Waals surface area contributed by atoms with Gasteiger partial charge in [-0.15, -0.1) is 0 Å². The molecule has 0 aliphatic carbocycles. The summed E-state index contributed by atoms with van der Waals surface area (Å²) in [7, 11) is 0. The number of aromatic nitrogens is 1. The molecule has 1 aliphatic rings. The molecule has 0 saturated heterocycles. The minimum atomic E-state index is 0.165. The van der Waals surface area contributed by atoms with Crippen LogP contribution in [-0.2, 0) is 0 Å². The van der Waals surface area contributed by atoms with Crippen molar-refractivity contribution >= 4 is 22.9 Å². The lowest BCUT2D eigenvalue weighted by Crippen LogP contribution is -2.35. The van der Waals surface area contributed by atoms with Gasteiger partial charge in [0.1, 0.15) is 6.17 Å². The maximum absolute atomic E-state index is 4.67. The maximum atomic E-state index is 4.67. The van der Waals surface area contributed by atoms with Crippen LogP contribution in [-0.4, -0.2) is 11.1 Å². The molecule has 3 aromatic rings. The van der Waals surface area contributed by atoms with Crippen LogP contribution in [0.3, 0.4) is 0 Å². The summed E-state index contributed by atoms with van der Waals surface area (Å²) in [5.74, 6) is 1.01. The molecule has 24 heavy (non-hydrogen) atoms. The van der Waals surface area contributed by atoms with Crippen molar-refractivity contribution in [1.29, 1.82) is 0 Å². The molecule has 0 saturated carbocycles. The second-order valence-corrected chi connectivity index (χ2v) is 6.40. The predicted octanol–water partition coefficient (Wildman–Crippen LogP) is 5.33. The SMILES string of the molecule is Cc1cc(C)cc(N2c3cccnc3N(c3ccccc3)C2C)c1. The van der Waals surface area contributed by atoms with E-state index in [-0.39, 0.29) is 6.17 Å². The molecule has 0 bridgehead atoms. The van der Waals surface area contributed by atoms with Gasteiger partial charge in [0.2, 0.25) is 0 Å². The Balaban J connectivity index is 1.88. The van der Waals surface area contributed by atoms with Gasteiger partial charge in [0.25, 0.3) is 0 Å². The Morgan fingerprint density at radius 2 is 1.50 bits per heavy atom. The molecule has 120 valence electrons. The molecule has 0 amide bonds. The van der Waals surface area contributed by atoms with Gasteiger partial charge in [0.05, 0.1) is 5.69 Å². The second kappa shape index (κ2) is 5.68. The third-order valence-corrected chi connectivity index (χ3v) is 4.52. The summed E-state index contributed by atoms with van der Waals surface area (Å²) >= 11 is 0. The molecule has 0 N–H and O–H groups in total. The Bertz CT molecular complexity index is 853. The zero-order chi connectivity index (χ0) is 16.7. The van der Waals surface area contributed by atoms with Crippen LogP contribution in [0.15, 0.2) is 66.9 Å². The Hall–Kier alpha value is -2.81. The van der Waals surface area contributed by atoms with E-state index in [9.17, 15) is 0 Å². The van der Waals surface area contributed by atoms with E-state index >= 15 is 0 Å². The Morgan fingerprint density at radius 1 is 0.792 bits per heavy atom. The number of pyridine rings is 1. The van der Waals surface area contributed by atoms with Crippen molar-refractivity contribution in [3.05, 3.63) is 78.0 Å². The standard InChI is InChI=1S/C21H21N3/c1-15-12-16(2)14-19(13-15)23-17(3)24(18-8-5-4-6-9-18)21-20(23)10-7-11-22-21/h4-14,17H,1-3H3. The molecule has 1 atom stereocenters. The monoisotopic (exact) mass is 315 g/mol. The van der Waals surface area contributed by atoms with E-state index in [0.717, 1.165) is 17.2 Å². The number of nitrogens with zero attached hydrogens (tertiary/aromatic N) is 3. The number of anilines is 4. The molecule has 1 unspecified atom stereocenters. The van der Waals surface area contributed by atoms with Gasteiger partial charge >= 0.3 is 0 Å². The number of aryl methyl sites for hydroxylation is 2. The van der Waals surface area contributed by atoms with E-state index in [1.165, 1.54) is 16.8 Å². The quantitative estimate of drug-likeness (QED) is 0.637. The number of rotatable bonds is 2. The molecule has 3 nitrogen and oxygen atoms in total. The van der Waals surface area contributed by atoms with Crippen LogP contribution in [0.4, 0.5) is 22.9 Å². The minimum absolute atomic E-state index is 0.165.